The van der Waals surface area contributed by atoms with Crippen LogP contribution in [-0.4, -0.2) is 8.07 Å². The average molecular weight is 200 g/mol. The number of unbranched alkanes of at least 4 members (excludes halogenated alkanes) is 4. The van der Waals surface area contributed by atoms with Gasteiger partial charge in [-0.25, -0.2) is 0 Å². The highest BCUT2D eigenvalue weighted by molar-refractivity contribution is 6.77. The third-order valence-electron chi connectivity index (χ3n) is 2.91. The summed E-state index contributed by atoms with van der Waals surface area (Å²) >= 11 is 0. The molecule has 0 aromatic rings. The smallest absolute Gasteiger partial charge is 0.0473 e. The Morgan fingerprint density at radius 3 is 1.38 bits per heavy atom. The molecule has 80 valence electrons. The van der Waals surface area contributed by atoms with E-state index in [2.05, 4.69) is 26.9 Å². The molecule has 0 radical (unpaired) electrons. The van der Waals surface area contributed by atoms with Gasteiger partial charge in [-0.2, -0.15) is 0 Å². The molecule has 0 N–H and O–H groups in total. The van der Waals surface area contributed by atoms with Crippen LogP contribution in [0.3, 0.4) is 0 Å². The molecule has 0 aromatic heterocycles. The Kier molecular flexibility index (Phi) is 7.73. The van der Waals surface area contributed by atoms with Crippen LogP contribution in [0, 0.1) is 0 Å². The largest absolute Gasteiger partial charge is 0.0693 e. The van der Waals surface area contributed by atoms with Gasteiger partial charge in [0.2, 0.25) is 0 Å². The summed E-state index contributed by atoms with van der Waals surface area (Å²) in [5.74, 6) is 0. The van der Waals surface area contributed by atoms with Crippen LogP contribution in [0.2, 0.25) is 25.2 Å². The van der Waals surface area contributed by atoms with Gasteiger partial charge in [-0.1, -0.05) is 77.6 Å². The molecule has 0 aliphatic carbocycles. The van der Waals surface area contributed by atoms with Gasteiger partial charge in [0.1, 0.15) is 0 Å². The van der Waals surface area contributed by atoms with Gasteiger partial charge in [0, 0.05) is 8.07 Å². The molecule has 0 unspecified atom stereocenters. The molecule has 1 heteroatoms. The first-order valence-corrected chi connectivity index (χ1v) is 9.54. The second kappa shape index (κ2) is 7.60. The van der Waals surface area contributed by atoms with Crippen molar-refractivity contribution in [1.29, 1.82) is 0 Å². The highest BCUT2D eigenvalue weighted by Gasteiger charge is 2.18. The van der Waals surface area contributed by atoms with Crippen LogP contribution in [0.4, 0.5) is 0 Å². The monoisotopic (exact) mass is 200 g/mol. The Morgan fingerprint density at radius 2 is 1.08 bits per heavy atom. The van der Waals surface area contributed by atoms with E-state index in [1.165, 1.54) is 38.5 Å². The number of hydrogen-bond donors (Lipinski definition) is 0. The predicted molar refractivity (Wildman–Crippen MR) is 66.1 cm³/mol. The molecule has 0 rings (SSSR count). The zero-order valence-corrected chi connectivity index (χ0v) is 11.2. The Balaban J connectivity index is 3.42. The molecule has 0 aliphatic heterocycles. The molecule has 0 atom stereocenters. The van der Waals surface area contributed by atoms with E-state index in [4.69, 9.17) is 0 Å². The van der Waals surface area contributed by atoms with Gasteiger partial charge in [-0.3, -0.25) is 0 Å². The zero-order chi connectivity index (χ0) is 10.2. The molecule has 13 heavy (non-hydrogen) atoms. The maximum atomic E-state index is 2.57. The third kappa shape index (κ3) is 8.54. The minimum Gasteiger partial charge on any atom is -0.0693 e. The fourth-order valence-electron chi connectivity index (χ4n) is 1.83. The lowest BCUT2D eigenvalue weighted by Crippen LogP contribution is -2.24. The summed E-state index contributed by atoms with van der Waals surface area (Å²) in [5.41, 5.74) is 0. The first-order chi connectivity index (χ1) is 6.12. The van der Waals surface area contributed by atoms with E-state index in [0.717, 1.165) is 0 Å². The Bertz CT molecular complexity index is 95.7. The molecule has 0 aromatic carbocycles. The molecule has 0 nitrogen and oxygen atoms in total. The highest BCUT2D eigenvalue weighted by atomic mass is 28.3. The van der Waals surface area contributed by atoms with Gasteiger partial charge < -0.3 is 0 Å². The van der Waals surface area contributed by atoms with E-state index in [0.29, 0.717) is 0 Å². The van der Waals surface area contributed by atoms with Crippen molar-refractivity contribution < 1.29 is 0 Å². The predicted octanol–water partition coefficient (Wildman–Crippen LogP) is 5.08. The van der Waals surface area contributed by atoms with Gasteiger partial charge >= 0.3 is 0 Å². The summed E-state index contributed by atoms with van der Waals surface area (Å²) in [6.07, 6.45) is 8.62. The van der Waals surface area contributed by atoms with Crippen LogP contribution >= 0.6 is 0 Å². The topological polar surface area (TPSA) is 0 Å². The molecular formula is C12H28Si. The lowest BCUT2D eigenvalue weighted by atomic mass is 10.3. The summed E-state index contributed by atoms with van der Waals surface area (Å²) in [7, 11) is -0.778. The van der Waals surface area contributed by atoms with Crippen molar-refractivity contribution in [3.8, 4) is 0 Å². The molecule has 0 aliphatic rings. The average Bonchev–Trinajstić information content (AvgIpc) is 2.05. The molecule has 0 saturated carbocycles. The second-order valence-electron chi connectivity index (χ2n) is 5.08. The molecule has 0 saturated heterocycles. The van der Waals surface area contributed by atoms with Crippen LogP contribution in [0.1, 0.15) is 52.4 Å². The molecule has 0 spiro atoms. The van der Waals surface area contributed by atoms with E-state index >= 15 is 0 Å². The van der Waals surface area contributed by atoms with Crippen LogP contribution in [0.15, 0.2) is 0 Å². The van der Waals surface area contributed by atoms with Gasteiger partial charge in [-0.15, -0.1) is 0 Å². The summed E-state index contributed by atoms with van der Waals surface area (Å²) in [6.45, 7) is 9.73. The van der Waals surface area contributed by atoms with E-state index in [1.807, 2.05) is 0 Å². The number of hydrogen-bond acceptors (Lipinski definition) is 0. The Hall–Kier alpha value is 0.217. The van der Waals surface area contributed by atoms with Gasteiger partial charge in [0.15, 0.2) is 0 Å². The van der Waals surface area contributed by atoms with Crippen LogP contribution in [0.25, 0.3) is 0 Å². The van der Waals surface area contributed by atoms with Crippen molar-refractivity contribution in [3.05, 3.63) is 0 Å². The van der Waals surface area contributed by atoms with Crippen molar-refractivity contribution >= 4 is 8.07 Å². The lowest BCUT2D eigenvalue weighted by molar-refractivity contribution is 0.740. The molecular weight excluding hydrogens is 172 g/mol. The minimum absolute atomic E-state index is 0.778. The van der Waals surface area contributed by atoms with Crippen molar-refractivity contribution in [2.75, 3.05) is 0 Å². The SMILES string of the molecule is CCCCC[Si](C)(C)CCCCC. The van der Waals surface area contributed by atoms with Crippen molar-refractivity contribution in [1.82, 2.24) is 0 Å². The summed E-state index contributed by atoms with van der Waals surface area (Å²) < 4.78 is 0. The number of rotatable bonds is 8. The fraction of sp³-hybridized carbons (Fsp3) is 1.00. The van der Waals surface area contributed by atoms with E-state index < -0.39 is 8.07 Å². The van der Waals surface area contributed by atoms with E-state index in [1.54, 1.807) is 12.1 Å². The Labute approximate surface area is 86.1 Å². The molecule has 0 amide bonds. The first kappa shape index (κ1) is 13.2. The lowest BCUT2D eigenvalue weighted by Gasteiger charge is -2.21. The highest BCUT2D eigenvalue weighted by Crippen LogP contribution is 2.22. The van der Waals surface area contributed by atoms with Crippen LogP contribution in [0.5, 0.6) is 0 Å². The molecule has 0 heterocycles. The molecule has 0 fully saturated rings. The fourth-order valence-corrected chi connectivity index (χ4v) is 4.50. The summed E-state index contributed by atoms with van der Waals surface area (Å²) in [6, 6.07) is 3.12. The third-order valence-corrected chi connectivity index (χ3v) is 6.33. The standard InChI is InChI=1S/C12H28Si/c1-5-7-9-11-13(3,4)12-10-8-6-2/h5-12H2,1-4H3. The first-order valence-electron chi connectivity index (χ1n) is 6.12. The van der Waals surface area contributed by atoms with Gasteiger partial charge in [0.25, 0.3) is 0 Å². The second-order valence-corrected chi connectivity index (χ2v) is 10.4. The zero-order valence-electron chi connectivity index (χ0n) is 10.2. The van der Waals surface area contributed by atoms with Crippen molar-refractivity contribution in [3.63, 3.8) is 0 Å². The van der Waals surface area contributed by atoms with Crippen molar-refractivity contribution in [2.24, 2.45) is 0 Å². The molecule has 0 bridgehead atoms. The quantitative estimate of drug-likeness (QED) is 0.379. The van der Waals surface area contributed by atoms with Crippen LogP contribution < -0.4 is 0 Å². The normalized spacial score (nSPS) is 12.0. The van der Waals surface area contributed by atoms with Gasteiger partial charge in [0.05, 0.1) is 0 Å². The minimum atomic E-state index is -0.778. The summed E-state index contributed by atoms with van der Waals surface area (Å²) in [4.78, 5) is 0. The Morgan fingerprint density at radius 1 is 0.692 bits per heavy atom. The van der Waals surface area contributed by atoms with Gasteiger partial charge in [-0.05, 0) is 0 Å². The summed E-state index contributed by atoms with van der Waals surface area (Å²) in [5, 5.41) is 0. The maximum Gasteiger partial charge on any atom is 0.0473 e. The van der Waals surface area contributed by atoms with E-state index in [-0.39, 0.29) is 0 Å². The van der Waals surface area contributed by atoms with Crippen LogP contribution in [-0.2, 0) is 0 Å². The van der Waals surface area contributed by atoms with E-state index in [9.17, 15) is 0 Å². The maximum absolute atomic E-state index is 2.57. The van der Waals surface area contributed by atoms with Crippen molar-refractivity contribution in [2.45, 2.75) is 77.6 Å².